The molecule has 0 bridgehead atoms. The first-order valence-electron chi connectivity index (χ1n) is 6.88. The lowest BCUT2D eigenvalue weighted by molar-refractivity contribution is 0.246. The van der Waals surface area contributed by atoms with E-state index in [4.69, 9.17) is 17.3 Å². The van der Waals surface area contributed by atoms with E-state index in [1.54, 1.807) is 0 Å². The van der Waals surface area contributed by atoms with Crippen molar-refractivity contribution in [3.05, 3.63) is 41.3 Å². The summed E-state index contributed by atoms with van der Waals surface area (Å²) in [6, 6.07) is 6.00. The van der Waals surface area contributed by atoms with Gasteiger partial charge in [0.05, 0.1) is 17.6 Å². The Morgan fingerprint density at radius 1 is 1.19 bits per heavy atom. The molecule has 2 aromatic heterocycles. The number of anilines is 2. The van der Waals surface area contributed by atoms with E-state index in [0.717, 1.165) is 38.4 Å². The number of hydrogen-bond donors (Lipinski definition) is 1. The third-order valence-corrected chi connectivity index (χ3v) is 3.97. The van der Waals surface area contributed by atoms with E-state index in [2.05, 4.69) is 25.0 Å². The first-order valence-corrected chi connectivity index (χ1v) is 7.25. The monoisotopic (exact) mass is 304 g/mol. The number of aromatic nitrogens is 3. The molecular formula is C14H17ClN6. The second-order valence-corrected chi connectivity index (χ2v) is 5.40. The Bertz CT molecular complexity index is 598. The average Bonchev–Trinajstić information content (AvgIpc) is 2.52. The standard InChI is InChI=1S/C14H17ClN6/c15-13-12(16)9-18-19-14(13)21-7-5-20(6-8-21)10-11-3-1-2-4-17-11/h1-4,9H,5-8,10H2,(H2,16,19). The lowest BCUT2D eigenvalue weighted by Crippen LogP contribution is -2.46. The maximum absolute atomic E-state index is 6.20. The van der Waals surface area contributed by atoms with Crippen LogP contribution in [0.1, 0.15) is 5.69 Å². The number of halogens is 1. The highest BCUT2D eigenvalue weighted by atomic mass is 35.5. The highest BCUT2D eigenvalue weighted by Gasteiger charge is 2.21. The summed E-state index contributed by atoms with van der Waals surface area (Å²) in [5.74, 6) is 0.675. The van der Waals surface area contributed by atoms with E-state index in [9.17, 15) is 0 Å². The molecule has 3 heterocycles. The van der Waals surface area contributed by atoms with Crippen LogP contribution in [0, 0.1) is 0 Å². The van der Waals surface area contributed by atoms with Crippen LogP contribution >= 0.6 is 11.6 Å². The smallest absolute Gasteiger partial charge is 0.172 e. The molecular weight excluding hydrogens is 288 g/mol. The van der Waals surface area contributed by atoms with E-state index in [1.807, 2.05) is 24.4 Å². The Kier molecular flexibility index (Phi) is 4.17. The molecule has 0 radical (unpaired) electrons. The van der Waals surface area contributed by atoms with Gasteiger partial charge in [0.1, 0.15) is 5.02 Å². The maximum atomic E-state index is 6.20. The zero-order valence-corrected chi connectivity index (χ0v) is 12.4. The molecule has 6 nitrogen and oxygen atoms in total. The molecule has 0 spiro atoms. The van der Waals surface area contributed by atoms with Gasteiger partial charge in [-0.05, 0) is 12.1 Å². The van der Waals surface area contributed by atoms with Gasteiger partial charge in [0, 0.05) is 38.9 Å². The van der Waals surface area contributed by atoms with E-state index >= 15 is 0 Å². The quantitative estimate of drug-likeness (QED) is 0.925. The van der Waals surface area contributed by atoms with E-state index in [0.29, 0.717) is 16.5 Å². The van der Waals surface area contributed by atoms with Gasteiger partial charge in [0.2, 0.25) is 0 Å². The van der Waals surface area contributed by atoms with Crippen molar-refractivity contribution in [1.29, 1.82) is 0 Å². The fourth-order valence-electron chi connectivity index (χ4n) is 2.42. The third-order valence-electron chi connectivity index (χ3n) is 3.58. The summed E-state index contributed by atoms with van der Waals surface area (Å²) < 4.78 is 0. The summed E-state index contributed by atoms with van der Waals surface area (Å²) in [6.07, 6.45) is 3.30. The molecule has 0 atom stereocenters. The van der Waals surface area contributed by atoms with E-state index in [-0.39, 0.29) is 0 Å². The molecule has 3 rings (SSSR count). The molecule has 1 fully saturated rings. The molecule has 0 saturated carbocycles. The lowest BCUT2D eigenvalue weighted by Gasteiger charge is -2.35. The first kappa shape index (κ1) is 14.0. The molecule has 0 unspecified atom stereocenters. The fourth-order valence-corrected chi connectivity index (χ4v) is 2.62. The summed E-state index contributed by atoms with van der Waals surface area (Å²) in [5, 5.41) is 8.48. The second kappa shape index (κ2) is 6.24. The minimum absolute atomic E-state index is 0.470. The Hall–Kier alpha value is -1.92. The van der Waals surface area contributed by atoms with Crippen LogP contribution < -0.4 is 10.6 Å². The van der Waals surface area contributed by atoms with Crippen molar-refractivity contribution in [1.82, 2.24) is 20.1 Å². The van der Waals surface area contributed by atoms with Crippen molar-refractivity contribution in [3.63, 3.8) is 0 Å². The highest BCUT2D eigenvalue weighted by Crippen LogP contribution is 2.28. The molecule has 2 N–H and O–H groups in total. The van der Waals surface area contributed by atoms with Gasteiger partial charge in [-0.3, -0.25) is 9.88 Å². The van der Waals surface area contributed by atoms with Crippen LogP contribution in [-0.2, 0) is 6.54 Å². The van der Waals surface area contributed by atoms with Gasteiger partial charge < -0.3 is 10.6 Å². The van der Waals surface area contributed by atoms with Crippen molar-refractivity contribution in [3.8, 4) is 0 Å². The van der Waals surface area contributed by atoms with Crippen LogP contribution in [0.15, 0.2) is 30.6 Å². The summed E-state index contributed by atoms with van der Waals surface area (Å²) in [5.41, 5.74) is 7.34. The fraction of sp³-hybridized carbons (Fsp3) is 0.357. The number of hydrogen-bond acceptors (Lipinski definition) is 6. The number of piperazine rings is 1. The van der Waals surface area contributed by atoms with E-state index in [1.165, 1.54) is 6.20 Å². The van der Waals surface area contributed by atoms with Crippen molar-refractivity contribution in [2.45, 2.75) is 6.54 Å². The summed E-state index contributed by atoms with van der Waals surface area (Å²) in [6.45, 7) is 4.44. The maximum Gasteiger partial charge on any atom is 0.172 e. The van der Waals surface area contributed by atoms with Crippen molar-refractivity contribution >= 4 is 23.1 Å². The molecule has 110 valence electrons. The molecule has 0 aliphatic carbocycles. The average molecular weight is 305 g/mol. The summed E-state index contributed by atoms with van der Waals surface area (Å²) in [4.78, 5) is 8.85. The van der Waals surface area contributed by atoms with Crippen LogP contribution in [0.2, 0.25) is 5.02 Å². The second-order valence-electron chi connectivity index (χ2n) is 5.02. The third kappa shape index (κ3) is 3.22. The number of pyridine rings is 1. The van der Waals surface area contributed by atoms with Crippen LogP contribution in [0.4, 0.5) is 11.5 Å². The molecule has 2 aromatic rings. The minimum Gasteiger partial charge on any atom is -0.396 e. The summed E-state index contributed by atoms with van der Waals surface area (Å²) >= 11 is 6.20. The van der Waals surface area contributed by atoms with Gasteiger partial charge in [-0.25, -0.2) is 0 Å². The number of nitrogen functional groups attached to an aromatic ring is 1. The van der Waals surface area contributed by atoms with Crippen LogP contribution in [-0.4, -0.2) is 46.3 Å². The minimum atomic E-state index is 0.470. The highest BCUT2D eigenvalue weighted by molar-refractivity contribution is 6.35. The van der Waals surface area contributed by atoms with E-state index < -0.39 is 0 Å². The van der Waals surface area contributed by atoms with Crippen molar-refractivity contribution < 1.29 is 0 Å². The van der Waals surface area contributed by atoms with Gasteiger partial charge in [-0.1, -0.05) is 17.7 Å². The van der Waals surface area contributed by atoms with Crippen LogP contribution in [0.25, 0.3) is 0 Å². The molecule has 7 heteroatoms. The van der Waals surface area contributed by atoms with Gasteiger partial charge in [0.25, 0.3) is 0 Å². The molecule has 0 amide bonds. The number of nitrogens with two attached hydrogens (primary N) is 1. The zero-order valence-electron chi connectivity index (χ0n) is 11.6. The van der Waals surface area contributed by atoms with Crippen LogP contribution in [0.5, 0.6) is 0 Å². The Labute approximate surface area is 128 Å². The molecule has 1 aliphatic rings. The molecule has 0 aromatic carbocycles. The Morgan fingerprint density at radius 3 is 2.71 bits per heavy atom. The van der Waals surface area contributed by atoms with Gasteiger partial charge >= 0.3 is 0 Å². The first-order chi connectivity index (χ1) is 10.2. The van der Waals surface area contributed by atoms with Gasteiger partial charge in [-0.2, -0.15) is 5.10 Å². The topological polar surface area (TPSA) is 71.2 Å². The van der Waals surface area contributed by atoms with Crippen LogP contribution in [0.3, 0.4) is 0 Å². The largest absolute Gasteiger partial charge is 0.396 e. The van der Waals surface area contributed by atoms with Gasteiger partial charge in [-0.15, -0.1) is 5.10 Å². The molecule has 21 heavy (non-hydrogen) atoms. The normalized spacial score (nSPS) is 16.1. The lowest BCUT2D eigenvalue weighted by atomic mass is 10.2. The molecule has 1 aliphatic heterocycles. The Morgan fingerprint density at radius 2 is 2.00 bits per heavy atom. The van der Waals surface area contributed by atoms with Crippen molar-refractivity contribution in [2.24, 2.45) is 0 Å². The number of rotatable bonds is 3. The molecule has 1 saturated heterocycles. The van der Waals surface area contributed by atoms with Gasteiger partial charge in [0.15, 0.2) is 5.82 Å². The zero-order chi connectivity index (χ0) is 14.7. The SMILES string of the molecule is Nc1cnnc(N2CCN(Cc3ccccn3)CC2)c1Cl. The number of nitrogens with zero attached hydrogens (tertiary/aromatic N) is 5. The summed E-state index contributed by atoms with van der Waals surface area (Å²) in [7, 11) is 0. The predicted molar refractivity (Wildman–Crippen MR) is 83.2 cm³/mol. The Balaban J connectivity index is 1.61. The predicted octanol–water partition coefficient (Wildman–Crippen LogP) is 1.43. The van der Waals surface area contributed by atoms with Crippen molar-refractivity contribution in [2.75, 3.05) is 36.8 Å².